The zero-order valence-corrected chi connectivity index (χ0v) is 35.1. The van der Waals surface area contributed by atoms with Crippen molar-refractivity contribution in [2.75, 3.05) is 14.2 Å². The van der Waals surface area contributed by atoms with E-state index in [2.05, 4.69) is 19.7 Å². The number of carbonyl (C=O) groups is 2. The highest BCUT2D eigenvalue weighted by molar-refractivity contribution is 6.34. The van der Waals surface area contributed by atoms with E-state index in [0.29, 0.717) is 33.5 Å². The van der Waals surface area contributed by atoms with Crippen LogP contribution in [0.3, 0.4) is 0 Å². The number of esters is 2. The molecule has 2 aromatic carbocycles. The van der Waals surface area contributed by atoms with Crippen molar-refractivity contribution < 1.29 is 85.5 Å². The fourth-order valence-electron chi connectivity index (χ4n) is 6.42. The molecule has 0 aliphatic rings. The number of ether oxygens (including phenoxy) is 2. The summed E-state index contributed by atoms with van der Waals surface area (Å²) in [5.41, 5.74) is -15.3. The summed E-state index contributed by atoms with van der Waals surface area (Å²) < 4.78 is 198. The van der Waals surface area contributed by atoms with Crippen LogP contribution >= 0.6 is 23.2 Å². The van der Waals surface area contributed by atoms with Gasteiger partial charge in [-0.2, -0.15) is 62.9 Å². The van der Waals surface area contributed by atoms with Crippen molar-refractivity contribution in [3.63, 3.8) is 0 Å². The zero-order valence-electron chi connectivity index (χ0n) is 33.6. The molecule has 0 aliphatic carbocycles. The molecule has 67 heavy (non-hydrogen) atoms. The topological polar surface area (TPSA) is 141 Å². The highest BCUT2D eigenvalue weighted by Crippen LogP contribution is 2.55. The Bertz CT molecular complexity index is 2830. The van der Waals surface area contributed by atoms with E-state index >= 15 is 0 Å². The Hall–Kier alpha value is -6.64. The molecule has 0 saturated carbocycles. The Morgan fingerprint density at radius 2 is 0.985 bits per heavy atom. The van der Waals surface area contributed by atoms with E-state index in [9.17, 15) is 81.2 Å². The fraction of sp³-hybridized carbons (Fsp3) is 0.263. The van der Waals surface area contributed by atoms with Gasteiger partial charge in [-0.3, -0.25) is 10.1 Å². The van der Waals surface area contributed by atoms with Gasteiger partial charge in [0.1, 0.15) is 5.82 Å². The van der Waals surface area contributed by atoms with E-state index in [1.165, 1.54) is 48.8 Å². The van der Waals surface area contributed by atoms with Crippen molar-refractivity contribution in [2.24, 2.45) is 14.1 Å². The third-order valence-electron chi connectivity index (χ3n) is 9.77. The SMILES string of the molecule is COC(=O)c1cc(-c2cnn(-c3c([N+](=O)[O-])cc(C(F)(C(F)(F)F)C(F)(F)F)n3C)c2)ccc1Cl.COC(=O)c1cc(-c2cnn(-c3ccc(C(F)(C(F)(F)F)C(F)(F)F)n3C)c2)ccc1Cl. The first-order chi connectivity index (χ1) is 30.8. The molecule has 0 spiro atoms. The van der Waals surface area contributed by atoms with Crippen molar-refractivity contribution in [3.05, 3.63) is 122 Å². The summed E-state index contributed by atoms with van der Waals surface area (Å²) in [6.45, 7) is 0. The fourth-order valence-corrected chi connectivity index (χ4v) is 6.81. The second-order valence-electron chi connectivity index (χ2n) is 13.7. The number of nitro groups is 1. The maximum absolute atomic E-state index is 14.7. The molecule has 0 unspecified atom stereocenters. The van der Waals surface area contributed by atoms with Crippen LogP contribution in [0.4, 0.5) is 67.2 Å². The van der Waals surface area contributed by atoms with Crippen molar-refractivity contribution in [1.82, 2.24) is 28.7 Å². The Morgan fingerprint density at radius 3 is 1.39 bits per heavy atom. The molecule has 0 aliphatic heterocycles. The van der Waals surface area contributed by atoms with Crippen LogP contribution in [0.2, 0.25) is 10.0 Å². The van der Waals surface area contributed by atoms with Crippen molar-refractivity contribution >= 4 is 40.8 Å². The number of hydrogen-bond acceptors (Lipinski definition) is 8. The maximum Gasteiger partial charge on any atom is 0.437 e. The Kier molecular flexibility index (Phi) is 13.7. The van der Waals surface area contributed by atoms with Gasteiger partial charge in [-0.05, 0) is 47.5 Å². The van der Waals surface area contributed by atoms with E-state index in [-0.39, 0.29) is 48.8 Å². The number of nitrogens with zero attached hydrogens (tertiary/aromatic N) is 7. The third-order valence-corrected chi connectivity index (χ3v) is 10.4. The summed E-state index contributed by atoms with van der Waals surface area (Å²) in [5.74, 6) is -2.65. The van der Waals surface area contributed by atoms with Gasteiger partial charge in [0, 0.05) is 43.7 Å². The minimum Gasteiger partial charge on any atom is -0.465 e. The van der Waals surface area contributed by atoms with E-state index in [4.69, 9.17) is 23.2 Å². The second kappa shape index (κ2) is 17.9. The normalized spacial score (nSPS) is 12.7. The molecule has 0 N–H and O–H groups in total. The van der Waals surface area contributed by atoms with Crippen LogP contribution in [0, 0.1) is 10.1 Å². The van der Waals surface area contributed by atoms with Gasteiger partial charge < -0.3 is 18.6 Å². The Morgan fingerprint density at radius 1 is 0.582 bits per heavy atom. The van der Waals surface area contributed by atoms with Crippen molar-refractivity contribution in [3.8, 4) is 33.9 Å². The number of halogens is 16. The lowest BCUT2D eigenvalue weighted by Crippen LogP contribution is -2.51. The van der Waals surface area contributed by atoms with E-state index in [1.807, 2.05) is 0 Å². The number of rotatable bonds is 9. The molecule has 0 fully saturated rings. The van der Waals surface area contributed by atoms with Gasteiger partial charge in [0.2, 0.25) is 5.82 Å². The smallest absolute Gasteiger partial charge is 0.437 e. The first-order valence-corrected chi connectivity index (χ1v) is 18.5. The summed E-state index contributed by atoms with van der Waals surface area (Å²) in [4.78, 5) is 33.8. The van der Waals surface area contributed by atoms with Crippen LogP contribution in [0.1, 0.15) is 32.1 Å². The highest BCUT2D eigenvalue weighted by atomic mass is 35.5. The summed E-state index contributed by atoms with van der Waals surface area (Å²) >= 11 is 11.9. The average Bonchev–Trinajstić information content (AvgIpc) is 4.05. The van der Waals surface area contributed by atoms with Crippen LogP contribution in [0.5, 0.6) is 0 Å². The summed E-state index contributed by atoms with van der Waals surface area (Å²) in [5, 5.41) is 19.3. The largest absolute Gasteiger partial charge is 0.465 e. The lowest BCUT2D eigenvalue weighted by atomic mass is 10.0. The average molecular weight is 1010 g/mol. The monoisotopic (exact) mass is 1010 g/mol. The lowest BCUT2D eigenvalue weighted by molar-refractivity contribution is -0.384. The van der Waals surface area contributed by atoms with E-state index < -0.39 is 75.8 Å². The second-order valence-corrected chi connectivity index (χ2v) is 14.5. The van der Waals surface area contributed by atoms with E-state index in [1.54, 1.807) is 0 Å². The van der Waals surface area contributed by atoms with Gasteiger partial charge in [-0.1, -0.05) is 35.3 Å². The molecule has 0 amide bonds. The zero-order chi connectivity index (χ0) is 50.6. The van der Waals surface area contributed by atoms with Gasteiger partial charge in [-0.15, -0.1) is 0 Å². The molecular weight excluding hydrogens is 987 g/mol. The molecule has 0 bridgehead atoms. The first-order valence-electron chi connectivity index (χ1n) is 17.8. The molecule has 6 aromatic rings. The van der Waals surface area contributed by atoms with Crippen LogP contribution in [-0.4, -0.2) is 84.5 Å². The minimum atomic E-state index is -6.48. The summed E-state index contributed by atoms with van der Waals surface area (Å²) in [7, 11) is 3.71. The van der Waals surface area contributed by atoms with Gasteiger partial charge in [0.25, 0.3) is 0 Å². The predicted octanol–water partition coefficient (Wildman–Crippen LogP) is 11.1. The van der Waals surface area contributed by atoms with Crippen molar-refractivity contribution in [2.45, 2.75) is 36.0 Å². The Balaban J connectivity index is 0.000000252. The standard InChI is InChI=1S/C19H12ClF7N4O4.C19H13ClF7N3O2/c1-29-14(17(21,18(22,23)24)19(25,26)27)6-13(31(33)34)15(29)30-8-10(7-28-30)9-3-4-12(20)11(5-9)16(32)35-2;1-29-14(17(21,18(22,23)24)19(25,26)27)5-6-15(29)30-9-11(8-28-30)10-3-4-13(20)12(7-10)16(31)32-2/h3-8H,1-2H3;3-9H,1-2H3. The number of carbonyl (C=O) groups excluding carboxylic acids is 2. The predicted molar refractivity (Wildman–Crippen MR) is 205 cm³/mol. The van der Waals surface area contributed by atoms with Crippen LogP contribution in [0.25, 0.3) is 33.9 Å². The molecule has 29 heteroatoms. The minimum absolute atomic E-state index is 0.0225. The molecule has 0 saturated heterocycles. The molecular formula is C38H25Cl2F14N7O6. The van der Waals surface area contributed by atoms with Crippen LogP contribution in [-0.2, 0) is 34.9 Å². The highest BCUT2D eigenvalue weighted by Gasteiger charge is 2.76. The van der Waals surface area contributed by atoms with Gasteiger partial charge in [0.15, 0.2) is 0 Å². The Labute approximate surface area is 374 Å². The molecule has 4 aromatic heterocycles. The number of benzene rings is 2. The quantitative estimate of drug-likeness (QED) is 0.0603. The first kappa shape index (κ1) is 51.3. The molecule has 13 nitrogen and oxygen atoms in total. The molecule has 0 atom stereocenters. The molecule has 4 heterocycles. The summed E-state index contributed by atoms with van der Waals surface area (Å²) in [6, 6.07) is 9.42. The van der Waals surface area contributed by atoms with Crippen LogP contribution in [0.15, 0.2) is 79.4 Å². The van der Waals surface area contributed by atoms with Gasteiger partial charge in [0.05, 0.1) is 64.1 Å². The number of methoxy groups -OCH3 is 2. The van der Waals surface area contributed by atoms with E-state index in [0.717, 1.165) is 44.4 Å². The number of aromatic nitrogens is 6. The van der Waals surface area contributed by atoms with Gasteiger partial charge in [-0.25, -0.2) is 27.7 Å². The number of hydrogen-bond donors (Lipinski definition) is 0. The van der Waals surface area contributed by atoms with Gasteiger partial charge >= 0.3 is 53.7 Å². The van der Waals surface area contributed by atoms with Crippen molar-refractivity contribution in [1.29, 1.82) is 0 Å². The van der Waals surface area contributed by atoms with Crippen LogP contribution < -0.4 is 0 Å². The maximum atomic E-state index is 14.7. The lowest BCUT2D eigenvalue weighted by Gasteiger charge is -2.30. The molecule has 0 radical (unpaired) electrons. The molecule has 6 rings (SSSR count). The summed E-state index contributed by atoms with van der Waals surface area (Å²) in [6.07, 6.45) is -20.8. The third kappa shape index (κ3) is 9.12. The number of alkyl halides is 14. The molecule has 360 valence electrons.